The predicted molar refractivity (Wildman–Crippen MR) is 89.2 cm³/mol. The number of aromatic nitrogens is 4. The summed E-state index contributed by atoms with van der Waals surface area (Å²) in [5.74, 6) is 2.04. The second kappa shape index (κ2) is 6.04. The molecule has 3 aromatic rings. The van der Waals surface area contributed by atoms with Crippen molar-refractivity contribution in [3.05, 3.63) is 42.0 Å². The molecule has 1 amide bonds. The first-order valence-corrected chi connectivity index (χ1v) is 8.03. The highest BCUT2D eigenvalue weighted by Crippen LogP contribution is 2.33. The van der Waals surface area contributed by atoms with Gasteiger partial charge in [-0.3, -0.25) is 4.79 Å². The number of fused-ring (bicyclic) bond motifs is 1. The number of imidazole rings is 1. The molecule has 8 heteroatoms. The zero-order valence-electron chi connectivity index (χ0n) is 13.9. The molecule has 1 aliphatic rings. The number of carbonyl (C=O) groups is 1. The van der Waals surface area contributed by atoms with Crippen molar-refractivity contribution >= 4 is 11.6 Å². The number of nitrogens with one attached hydrogen (secondary N) is 1. The molecular weight excluding hydrogens is 322 g/mol. The number of hydrogen-bond acceptors (Lipinski definition) is 6. The van der Waals surface area contributed by atoms with Crippen molar-refractivity contribution in [2.75, 3.05) is 11.4 Å². The van der Waals surface area contributed by atoms with Gasteiger partial charge in [-0.25, -0.2) is 4.98 Å². The molecule has 0 radical (unpaired) electrons. The first kappa shape index (κ1) is 15.4. The van der Waals surface area contributed by atoms with E-state index in [1.54, 1.807) is 18.0 Å². The molecule has 0 saturated heterocycles. The summed E-state index contributed by atoms with van der Waals surface area (Å²) in [7, 11) is 0. The van der Waals surface area contributed by atoms with Crippen LogP contribution in [0.15, 0.2) is 35.0 Å². The fraction of sp³-hybridized carbons (Fsp3) is 0.294. The smallest absolute Gasteiger partial charge is 0.267 e. The summed E-state index contributed by atoms with van der Waals surface area (Å²) in [6, 6.07) is 7.48. The van der Waals surface area contributed by atoms with Gasteiger partial charge < -0.3 is 19.1 Å². The number of anilines is 1. The Bertz CT molecular complexity index is 916. The Morgan fingerprint density at radius 2 is 2.16 bits per heavy atom. The summed E-state index contributed by atoms with van der Waals surface area (Å²) in [6.45, 7) is 4.08. The fourth-order valence-corrected chi connectivity index (χ4v) is 2.78. The van der Waals surface area contributed by atoms with Crippen molar-refractivity contribution in [3.8, 4) is 17.4 Å². The third-order valence-corrected chi connectivity index (χ3v) is 4.01. The van der Waals surface area contributed by atoms with Gasteiger partial charge in [0.2, 0.25) is 11.7 Å². The standard InChI is InChI=1S/C17H17N5O3/c1-10-9-18-15(19-10)16-20-14(25-21-16)7-8-22-12-5-3-4-6-13(12)24-11(2)17(22)23/h3-6,9,11H,7-8H2,1-2H3,(H,18,19). The van der Waals surface area contributed by atoms with Gasteiger partial charge in [-0.15, -0.1) is 0 Å². The van der Waals surface area contributed by atoms with E-state index in [0.717, 1.165) is 11.4 Å². The molecule has 0 spiro atoms. The fourth-order valence-electron chi connectivity index (χ4n) is 2.78. The summed E-state index contributed by atoms with van der Waals surface area (Å²) in [5, 5.41) is 3.93. The molecule has 4 rings (SSSR count). The van der Waals surface area contributed by atoms with Crippen molar-refractivity contribution in [1.29, 1.82) is 0 Å². The first-order valence-electron chi connectivity index (χ1n) is 8.03. The molecule has 1 unspecified atom stereocenters. The SMILES string of the molecule is Cc1cnc(-c2noc(CCN3C(=O)C(C)Oc4ccccc43)n2)[nH]1. The van der Waals surface area contributed by atoms with Crippen LogP contribution < -0.4 is 9.64 Å². The first-order chi connectivity index (χ1) is 12.1. The molecule has 1 N–H and O–H groups in total. The van der Waals surface area contributed by atoms with Crippen LogP contribution in [0.1, 0.15) is 18.5 Å². The van der Waals surface area contributed by atoms with Gasteiger partial charge in [-0.1, -0.05) is 17.3 Å². The van der Waals surface area contributed by atoms with Crippen LogP contribution in [0.3, 0.4) is 0 Å². The van der Waals surface area contributed by atoms with Gasteiger partial charge >= 0.3 is 0 Å². The lowest BCUT2D eigenvalue weighted by Gasteiger charge is -2.32. The summed E-state index contributed by atoms with van der Waals surface area (Å²) in [6.07, 6.45) is 1.63. The van der Waals surface area contributed by atoms with Crippen LogP contribution in [-0.2, 0) is 11.2 Å². The van der Waals surface area contributed by atoms with E-state index < -0.39 is 6.10 Å². The van der Waals surface area contributed by atoms with E-state index in [-0.39, 0.29) is 5.91 Å². The molecule has 1 atom stereocenters. The van der Waals surface area contributed by atoms with Gasteiger partial charge in [-0.05, 0) is 26.0 Å². The lowest BCUT2D eigenvalue weighted by molar-refractivity contribution is -0.125. The average molecular weight is 339 g/mol. The summed E-state index contributed by atoms with van der Waals surface area (Å²) < 4.78 is 10.9. The van der Waals surface area contributed by atoms with Crippen molar-refractivity contribution in [3.63, 3.8) is 0 Å². The van der Waals surface area contributed by atoms with Gasteiger partial charge in [0.05, 0.1) is 5.69 Å². The Hall–Kier alpha value is -3.16. The molecular formula is C17H17N5O3. The number of ether oxygens (including phenoxy) is 1. The zero-order valence-corrected chi connectivity index (χ0v) is 13.9. The summed E-state index contributed by atoms with van der Waals surface area (Å²) >= 11 is 0. The largest absolute Gasteiger partial charge is 0.479 e. The molecule has 1 aromatic carbocycles. The minimum Gasteiger partial charge on any atom is -0.479 e. The second-order valence-corrected chi connectivity index (χ2v) is 5.89. The number of rotatable bonds is 4. The van der Waals surface area contributed by atoms with Gasteiger partial charge in [0.15, 0.2) is 11.9 Å². The number of H-pyrrole nitrogens is 1. The van der Waals surface area contributed by atoms with Crippen LogP contribution >= 0.6 is 0 Å². The number of aryl methyl sites for hydroxylation is 1. The van der Waals surface area contributed by atoms with Gasteiger partial charge in [-0.2, -0.15) is 4.98 Å². The lowest BCUT2D eigenvalue weighted by Crippen LogP contribution is -2.45. The van der Waals surface area contributed by atoms with Gasteiger partial charge in [0, 0.05) is 24.9 Å². The number of benzene rings is 1. The maximum Gasteiger partial charge on any atom is 0.267 e. The number of carbonyl (C=O) groups excluding carboxylic acids is 1. The Morgan fingerprint density at radius 3 is 2.96 bits per heavy atom. The number of aromatic amines is 1. The highest BCUT2D eigenvalue weighted by Gasteiger charge is 2.31. The number of para-hydroxylation sites is 2. The quantitative estimate of drug-likeness (QED) is 0.782. The highest BCUT2D eigenvalue weighted by atomic mass is 16.5. The monoisotopic (exact) mass is 339 g/mol. The van der Waals surface area contributed by atoms with Crippen LogP contribution in [0, 0.1) is 6.92 Å². The van der Waals surface area contributed by atoms with Crippen LogP contribution in [-0.4, -0.2) is 38.7 Å². The van der Waals surface area contributed by atoms with E-state index in [1.807, 2.05) is 31.2 Å². The number of nitrogens with zero attached hydrogens (tertiary/aromatic N) is 4. The lowest BCUT2D eigenvalue weighted by atomic mass is 10.2. The van der Waals surface area contributed by atoms with E-state index in [4.69, 9.17) is 9.26 Å². The Kier molecular flexibility index (Phi) is 3.72. The van der Waals surface area contributed by atoms with Gasteiger partial charge in [0.25, 0.3) is 5.91 Å². The Morgan fingerprint density at radius 1 is 1.32 bits per heavy atom. The Labute approximate surface area is 143 Å². The maximum absolute atomic E-state index is 12.5. The molecule has 2 aromatic heterocycles. The van der Waals surface area contributed by atoms with E-state index >= 15 is 0 Å². The van der Waals surface area contributed by atoms with Crippen LogP contribution in [0.5, 0.6) is 5.75 Å². The van der Waals surface area contributed by atoms with E-state index in [0.29, 0.717) is 36.3 Å². The second-order valence-electron chi connectivity index (χ2n) is 5.89. The van der Waals surface area contributed by atoms with Gasteiger partial charge in [0.1, 0.15) is 5.75 Å². The normalized spacial score (nSPS) is 16.6. The average Bonchev–Trinajstić information content (AvgIpc) is 3.24. The van der Waals surface area contributed by atoms with E-state index in [9.17, 15) is 4.79 Å². The third kappa shape index (κ3) is 2.86. The molecule has 128 valence electrons. The minimum atomic E-state index is -0.515. The molecule has 25 heavy (non-hydrogen) atoms. The van der Waals surface area contributed by atoms with Crippen LogP contribution in [0.2, 0.25) is 0 Å². The van der Waals surface area contributed by atoms with Crippen molar-refractivity contribution in [2.24, 2.45) is 0 Å². The zero-order chi connectivity index (χ0) is 17.4. The third-order valence-electron chi connectivity index (χ3n) is 4.01. The summed E-state index contributed by atoms with van der Waals surface area (Å²) in [5.41, 5.74) is 1.68. The molecule has 0 fully saturated rings. The predicted octanol–water partition coefficient (Wildman–Crippen LogP) is 2.12. The van der Waals surface area contributed by atoms with Crippen LogP contribution in [0.25, 0.3) is 11.6 Å². The minimum absolute atomic E-state index is 0.0832. The van der Waals surface area contributed by atoms with E-state index in [2.05, 4.69) is 20.1 Å². The topological polar surface area (TPSA) is 97.1 Å². The Balaban J connectivity index is 1.51. The van der Waals surface area contributed by atoms with Crippen molar-refractivity contribution in [1.82, 2.24) is 20.1 Å². The van der Waals surface area contributed by atoms with Crippen molar-refractivity contribution in [2.45, 2.75) is 26.4 Å². The molecule has 3 heterocycles. The molecule has 0 bridgehead atoms. The van der Waals surface area contributed by atoms with Crippen LogP contribution in [0.4, 0.5) is 5.69 Å². The number of amides is 1. The molecule has 0 aliphatic carbocycles. The molecule has 0 saturated carbocycles. The maximum atomic E-state index is 12.5. The summed E-state index contributed by atoms with van der Waals surface area (Å²) in [4.78, 5) is 25.7. The molecule has 8 nitrogen and oxygen atoms in total. The number of hydrogen-bond donors (Lipinski definition) is 1. The van der Waals surface area contributed by atoms with E-state index in [1.165, 1.54) is 0 Å². The highest BCUT2D eigenvalue weighted by molar-refractivity contribution is 5.99. The van der Waals surface area contributed by atoms with Crippen molar-refractivity contribution < 1.29 is 14.1 Å². The molecule has 1 aliphatic heterocycles.